The lowest BCUT2D eigenvalue weighted by molar-refractivity contribution is 0.0275. The first kappa shape index (κ1) is 25.0. The Kier molecular flexibility index (Phi) is 6.28. The Morgan fingerprint density at radius 3 is 2.76 bits per heavy atom. The van der Waals surface area contributed by atoms with Gasteiger partial charge in [0.25, 0.3) is 0 Å². The van der Waals surface area contributed by atoms with Gasteiger partial charge in [-0.05, 0) is 51.3 Å². The number of rotatable bonds is 5. The number of nitrogens with zero attached hydrogens (tertiary/aromatic N) is 5. The third kappa shape index (κ3) is 5.09. The predicted octanol–water partition coefficient (Wildman–Crippen LogP) is 5.50. The molecule has 9 nitrogen and oxygen atoms in total. The molecule has 1 atom stereocenters. The molecule has 1 saturated carbocycles. The van der Waals surface area contributed by atoms with E-state index in [0.29, 0.717) is 54.8 Å². The topological polar surface area (TPSA) is 113 Å². The van der Waals surface area contributed by atoms with Gasteiger partial charge in [0.2, 0.25) is 5.88 Å². The summed E-state index contributed by atoms with van der Waals surface area (Å²) in [6, 6.07) is 8.89. The molecule has 1 N–H and O–H groups in total. The van der Waals surface area contributed by atoms with E-state index in [0.717, 1.165) is 0 Å². The van der Waals surface area contributed by atoms with Crippen LogP contribution in [0.3, 0.4) is 0 Å². The van der Waals surface area contributed by atoms with Crippen molar-refractivity contribution in [2.45, 2.75) is 57.2 Å². The van der Waals surface area contributed by atoms with Crippen LogP contribution >= 0.6 is 11.6 Å². The number of anilines is 2. The van der Waals surface area contributed by atoms with E-state index in [1.54, 1.807) is 29.2 Å². The summed E-state index contributed by atoms with van der Waals surface area (Å²) < 4.78 is 26.6. The number of nitrogens with one attached hydrogen (secondary N) is 1. The Morgan fingerprint density at radius 2 is 2.05 bits per heavy atom. The lowest BCUT2D eigenvalue weighted by atomic mass is 9.97. The van der Waals surface area contributed by atoms with Crippen molar-refractivity contribution < 1.29 is 18.7 Å². The van der Waals surface area contributed by atoms with Crippen molar-refractivity contribution in [3.63, 3.8) is 0 Å². The number of ether oxygens (including phenoxy) is 2. The highest BCUT2D eigenvalue weighted by atomic mass is 35.5. The van der Waals surface area contributed by atoms with E-state index in [1.807, 2.05) is 20.8 Å². The molecule has 2 fully saturated rings. The van der Waals surface area contributed by atoms with Crippen molar-refractivity contribution in [3.8, 4) is 11.9 Å². The van der Waals surface area contributed by atoms with Gasteiger partial charge in [0.05, 0.1) is 34.3 Å². The monoisotopic (exact) mass is 524 g/mol. The largest absolute Gasteiger partial charge is 0.472 e. The molecule has 11 heteroatoms. The summed E-state index contributed by atoms with van der Waals surface area (Å²) in [5.74, 6) is -0.0469. The second-order valence-electron chi connectivity index (χ2n) is 10.3. The molecule has 3 heterocycles. The zero-order valence-corrected chi connectivity index (χ0v) is 21.5. The molecule has 0 spiro atoms. The van der Waals surface area contributed by atoms with Crippen LogP contribution in [-0.4, -0.2) is 50.7 Å². The number of nitriles is 1. The molecule has 1 aliphatic heterocycles. The number of benzene rings is 1. The molecule has 192 valence electrons. The van der Waals surface area contributed by atoms with Crippen molar-refractivity contribution >= 4 is 40.2 Å². The minimum atomic E-state index is -0.703. The molecule has 0 bridgehead atoms. The minimum absolute atomic E-state index is 0.0739. The quantitative estimate of drug-likeness (QED) is 0.465. The second kappa shape index (κ2) is 9.30. The Labute approximate surface area is 218 Å². The maximum absolute atomic E-state index is 15.2. The lowest BCUT2D eigenvalue weighted by Crippen LogP contribution is -2.36. The minimum Gasteiger partial charge on any atom is -0.472 e. The molecule has 0 radical (unpaired) electrons. The third-order valence-corrected chi connectivity index (χ3v) is 6.72. The number of hydrogen-bond donors (Lipinski definition) is 1. The summed E-state index contributed by atoms with van der Waals surface area (Å²) in [5.41, 5.74) is 0.259. The van der Waals surface area contributed by atoms with Gasteiger partial charge in [0.15, 0.2) is 11.6 Å². The SMILES string of the molecule is CC(C)(C)OC(=O)N1CC[C@H](Oc2ccc3ncnc(Nc4ccc(C5(C#N)CC5)c(Cl)c4F)c3n2)C1. The number of pyridine rings is 1. The molecule has 5 rings (SSSR count). The molecular weight excluding hydrogens is 499 g/mol. The first-order valence-electron chi connectivity index (χ1n) is 12.0. The van der Waals surface area contributed by atoms with Crippen LogP contribution in [0.1, 0.15) is 45.6 Å². The van der Waals surface area contributed by atoms with Gasteiger partial charge in [-0.2, -0.15) is 5.26 Å². The van der Waals surface area contributed by atoms with Gasteiger partial charge in [0, 0.05) is 19.0 Å². The van der Waals surface area contributed by atoms with Gasteiger partial charge in [0.1, 0.15) is 23.5 Å². The maximum atomic E-state index is 15.2. The Hall–Kier alpha value is -3.71. The standard InChI is InChI=1S/C26H26ClFN6O3/c1-25(2,3)37-24(35)34-11-8-15(12-34)36-19-7-6-18-22(33-19)23(31-14-30-18)32-17-5-4-16(20(27)21(17)28)26(13-29)9-10-26/h4-7,14-15H,8-12H2,1-3H3,(H,30,31,32)/t15-/m0/s1. The summed E-state index contributed by atoms with van der Waals surface area (Å²) in [6.07, 6.45) is 2.68. The molecule has 2 aromatic heterocycles. The van der Waals surface area contributed by atoms with Crippen LogP contribution in [0.15, 0.2) is 30.6 Å². The van der Waals surface area contributed by atoms with Gasteiger partial charge in [-0.15, -0.1) is 0 Å². The molecule has 37 heavy (non-hydrogen) atoms. The first-order chi connectivity index (χ1) is 17.6. The fourth-order valence-corrected chi connectivity index (χ4v) is 4.62. The highest BCUT2D eigenvalue weighted by Gasteiger charge is 2.47. The average Bonchev–Trinajstić information content (AvgIpc) is 3.50. The third-order valence-electron chi connectivity index (χ3n) is 6.36. The highest BCUT2D eigenvalue weighted by Crippen LogP contribution is 2.51. The highest BCUT2D eigenvalue weighted by molar-refractivity contribution is 6.32. The average molecular weight is 525 g/mol. The zero-order valence-electron chi connectivity index (χ0n) is 20.7. The zero-order chi connectivity index (χ0) is 26.4. The van der Waals surface area contributed by atoms with Gasteiger partial charge >= 0.3 is 6.09 Å². The summed E-state index contributed by atoms with van der Waals surface area (Å²) in [4.78, 5) is 27.0. The van der Waals surface area contributed by atoms with Crippen LogP contribution in [0.2, 0.25) is 5.02 Å². The molecule has 2 aliphatic rings. The van der Waals surface area contributed by atoms with E-state index in [-0.39, 0.29) is 28.7 Å². The van der Waals surface area contributed by atoms with Crippen molar-refractivity contribution in [3.05, 3.63) is 47.0 Å². The first-order valence-corrected chi connectivity index (χ1v) is 12.4. The summed E-state index contributed by atoms with van der Waals surface area (Å²) >= 11 is 6.30. The Balaban J connectivity index is 1.34. The van der Waals surface area contributed by atoms with E-state index in [2.05, 4.69) is 26.3 Å². The molecular formula is C26H26ClFN6O3. The van der Waals surface area contributed by atoms with Crippen LogP contribution in [0.25, 0.3) is 11.0 Å². The number of carbonyl (C=O) groups excluding carboxylic acids is 1. The van der Waals surface area contributed by atoms with Crippen molar-refractivity contribution in [1.82, 2.24) is 19.9 Å². The number of amides is 1. The van der Waals surface area contributed by atoms with Crippen LogP contribution in [0.5, 0.6) is 5.88 Å². The molecule has 1 aromatic carbocycles. The van der Waals surface area contributed by atoms with E-state index in [4.69, 9.17) is 21.1 Å². The van der Waals surface area contributed by atoms with E-state index >= 15 is 4.39 Å². The van der Waals surface area contributed by atoms with Crippen molar-refractivity contribution in [2.75, 3.05) is 18.4 Å². The van der Waals surface area contributed by atoms with Crippen molar-refractivity contribution in [1.29, 1.82) is 5.26 Å². The molecule has 1 amide bonds. The normalized spacial score (nSPS) is 18.4. The fourth-order valence-electron chi connectivity index (χ4n) is 4.28. The summed E-state index contributed by atoms with van der Waals surface area (Å²) in [6.45, 7) is 6.38. The predicted molar refractivity (Wildman–Crippen MR) is 135 cm³/mol. The van der Waals surface area contributed by atoms with E-state index in [1.165, 1.54) is 6.33 Å². The maximum Gasteiger partial charge on any atom is 0.410 e. The Morgan fingerprint density at radius 1 is 1.27 bits per heavy atom. The number of aromatic nitrogens is 3. The van der Waals surface area contributed by atoms with Gasteiger partial charge in [-0.1, -0.05) is 17.7 Å². The molecule has 1 aliphatic carbocycles. The number of hydrogen-bond acceptors (Lipinski definition) is 8. The van der Waals surface area contributed by atoms with Crippen LogP contribution in [0.4, 0.5) is 20.7 Å². The van der Waals surface area contributed by atoms with E-state index in [9.17, 15) is 10.1 Å². The van der Waals surface area contributed by atoms with Crippen LogP contribution in [0, 0.1) is 17.1 Å². The molecule has 1 saturated heterocycles. The van der Waals surface area contributed by atoms with Gasteiger partial charge in [-0.3, -0.25) is 0 Å². The summed E-state index contributed by atoms with van der Waals surface area (Å²) in [5, 5.41) is 12.3. The number of fused-ring (bicyclic) bond motifs is 1. The molecule has 0 unspecified atom stereocenters. The van der Waals surface area contributed by atoms with Crippen LogP contribution < -0.4 is 10.1 Å². The Bertz CT molecular complexity index is 1420. The fraction of sp³-hybridized carbons (Fsp3) is 0.423. The lowest BCUT2D eigenvalue weighted by Gasteiger charge is -2.24. The smallest absolute Gasteiger partial charge is 0.410 e. The van der Waals surface area contributed by atoms with Gasteiger partial charge < -0.3 is 19.7 Å². The van der Waals surface area contributed by atoms with E-state index < -0.39 is 16.8 Å². The number of likely N-dealkylation sites (tertiary alicyclic amines) is 1. The van der Waals surface area contributed by atoms with Crippen LogP contribution in [-0.2, 0) is 10.2 Å². The number of carbonyl (C=O) groups is 1. The number of halogens is 2. The molecule has 3 aromatic rings. The van der Waals surface area contributed by atoms with Crippen molar-refractivity contribution in [2.24, 2.45) is 0 Å². The summed E-state index contributed by atoms with van der Waals surface area (Å²) in [7, 11) is 0. The second-order valence-corrected chi connectivity index (χ2v) is 10.7. The van der Waals surface area contributed by atoms with Gasteiger partial charge in [-0.25, -0.2) is 24.1 Å².